The molecule has 0 aromatic heterocycles. The maximum absolute atomic E-state index is 12.3. The van der Waals surface area contributed by atoms with Gasteiger partial charge in [0.1, 0.15) is 34.1 Å². The van der Waals surface area contributed by atoms with Crippen molar-refractivity contribution in [2.45, 2.75) is 244 Å². The summed E-state index contributed by atoms with van der Waals surface area (Å²) in [6.07, 6.45) is 15.9. The lowest BCUT2D eigenvalue weighted by molar-refractivity contribution is -0.385. The fraction of sp³-hybridized carbons (Fsp3) is 0.632. The average Bonchev–Trinajstić information content (AvgIpc) is 1.56. The van der Waals surface area contributed by atoms with Gasteiger partial charge in [0.15, 0.2) is 0 Å². The van der Waals surface area contributed by atoms with Crippen molar-refractivity contribution in [3.05, 3.63) is 107 Å². The molecule has 30 heteroatoms. The van der Waals surface area contributed by atoms with Gasteiger partial charge in [0.2, 0.25) is 0 Å². The number of nitrogens with zero attached hydrogens (tertiary/aromatic N) is 5. The van der Waals surface area contributed by atoms with Crippen molar-refractivity contribution in [1.82, 2.24) is 14.7 Å². The number of likely N-dealkylation sites (tertiary alicyclic amines) is 1. The topological polar surface area (TPSA) is 346 Å². The molecule has 28 nitrogen and oxygen atoms in total. The fourth-order valence-corrected chi connectivity index (χ4v) is 14.0. The Hall–Kier alpha value is -8.22. The minimum atomic E-state index is -0.906. The fourth-order valence-electron chi connectivity index (χ4n) is 13.5. The Morgan fingerprint density at radius 2 is 0.868 bits per heavy atom. The van der Waals surface area contributed by atoms with Crippen molar-refractivity contribution < 1.29 is 95.7 Å². The van der Waals surface area contributed by atoms with Crippen LogP contribution in [0.2, 0.25) is 0 Å². The van der Waals surface area contributed by atoms with Gasteiger partial charge >= 0.3 is 43.9 Å². The summed E-state index contributed by atoms with van der Waals surface area (Å²) in [6.45, 7) is 28.0. The first-order valence-corrected chi connectivity index (χ1v) is 37.1. The molecule has 3 aliphatic carbocycles. The third-order valence-electron chi connectivity index (χ3n) is 19.5. The molecule has 3 aromatic rings. The van der Waals surface area contributed by atoms with Crippen molar-refractivity contribution in [3.63, 3.8) is 0 Å². The Balaban J connectivity index is 0.000000223. The van der Waals surface area contributed by atoms with E-state index in [9.17, 15) is 49.0 Å². The van der Waals surface area contributed by atoms with Gasteiger partial charge in [0.05, 0.1) is 64.5 Å². The second-order valence-corrected chi connectivity index (χ2v) is 31.9. The van der Waals surface area contributed by atoms with Crippen LogP contribution in [0.5, 0.6) is 17.2 Å². The van der Waals surface area contributed by atoms with Gasteiger partial charge in [-0.05, 0) is 245 Å². The second-order valence-electron chi connectivity index (χ2n) is 31.1. The number of nitro benzene ring substituents is 2. The van der Waals surface area contributed by atoms with Gasteiger partial charge in [-0.15, -0.1) is 0 Å². The maximum atomic E-state index is 12.3. The Bertz CT molecular complexity index is 3630. The first-order valence-electron chi connectivity index (χ1n) is 36.3. The van der Waals surface area contributed by atoms with Crippen molar-refractivity contribution in [2.75, 3.05) is 73.4 Å². The van der Waals surface area contributed by atoms with Crippen molar-refractivity contribution >= 4 is 82.4 Å². The number of nitro groups is 2. The molecule has 0 bridgehead atoms. The number of nitrogens with two attached hydrogens (primary N) is 1. The number of carbonyl (C=O) groups is 6. The third-order valence-corrected chi connectivity index (χ3v) is 20.2. The molecule has 4 aliphatic heterocycles. The number of anilines is 1. The summed E-state index contributed by atoms with van der Waals surface area (Å²) in [6, 6.07) is 9.93. The molecule has 0 radical (unpaired) electrons. The van der Waals surface area contributed by atoms with Crippen LogP contribution >= 0.6 is 15.9 Å². The van der Waals surface area contributed by atoms with Crippen LogP contribution < -0.4 is 19.9 Å². The molecule has 0 unspecified atom stereocenters. The van der Waals surface area contributed by atoms with Gasteiger partial charge < -0.3 is 77.5 Å². The molecule has 5 fully saturated rings. The van der Waals surface area contributed by atoms with E-state index in [1.807, 2.05) is 102 Å². The number of nitrogen functional groups attached to an aromatic ring is 1. The third kappa shape index (κ3) is 24.7. The zero-order valence-electron chi connectivity index (χ0n) is 64.8. The normalized spacial score (nSPS) is 18.3. The van der Waals surface area contributed by atoms with Crippen molar-refractivity contribution in [1.29, 1.82) is 0 Å². The van der Waals surface area contributed by atoms with E-state index in [0.29, 0.717) is 73.1 Å². The molecule has 0 spiro atoms. The lowest BCUT2D eigenvalue weighted by Crippen LogP contribution is -2.41. The van der Waals surface area contributed by atoms with Crippen LogP contribution in [0, 0.1) is 20.2 Å². The van der Waals surface area contributed by atoms with Crippen LogP contribution in [-0.2, 0) is 37.7 Å². The van der Waals surface area contributed by atoms with Crippen molar-refractivity contribution in [3.8, 4) is 17.2 Å². The highest BCUT2D eigenvalue weighted by Crippen LogP contribution is 2.48. The van der Waals surface area contributed by atoms with Gasteiger partial charge in [-0.2, -0.15) is 0 Å². The van der Waals surface area contributed by atoms with E-state index >= 15 is 0 Å². The van der Waals surface area contributed by atoms with Gasteiger partial charge in [-0.1, -0.05) is 50.7 Å². The Kier molecular flexibility index (Phi) is 31.1. The first-order chi connectivity index (χ1) is 49.7. The molecular weight excluding hydrogens is 1440 g/mol. The summed E-state index contributed by atoms with van der Waals surface area (Å²) in [5, 5.41) is 29.8. The van der Waals surface area contributed by atoms with E-state index in [0.717, 1.165) is 124 Å². The standard InChI is InChI=1S/C23H30N2O7.C23H34N2O5.C16H28BNO4.C13H14BrNO5.CH4O/c1-23(2,3)32-21(26)24-11-9-16(10-12-24)17-13-18(15-7-5-6-8-15)20(31-22(27)30-4)14-19(17)25(28)29;1-23(2,3)30-21(26)25-11-9-16(10-12-25)17-13-18(15-7-5-6-8-15)20(14-19(17)24)29-22(27)28-4;1-14(2,3)20-13(19)18-10-8-12(9-11-18)17-21-15(4,5)16(6,7)22-17;1-19-13(16)20-12-7-11(15(17)18)10(14)6-9(12)8-4-2-3-5-8;1-2/h9,13-15H,5-8,10-12H2,1-4H3;13-16H,5-12,24H2,1-4H3;8H,9-11H2,1-7H3;6-8H,2-5H2,1H3;2H,1H3. The maximum Gasteiger partial charge on any atom is 0.513 e. The number of hydrogen-bond donors (Lipinski definition) is 2. The second kappa shape index (κ2) is 38.0. The van der Waals surface area contributed by atoms with Crippen LogP contribution in [0.15, 0.2) is 58.5 Å². The van der Waals surface area contributed by atoms with E-state index in [2.05, 4.69) is 36.2 Å². The number of benzene rings is 3. The molecule has 3 amide bonds. The number of halogens is 1. The number of aliphatic hydroxyl groups is 1. The molecule has 106 heavy (non-hydrogen) atoms. The molecule has 2 saturated heterocycles. The summed E-state index contributed by atoms with van der Waals surface area (Å²) in [4.78, 5) is 98.4. The first kappa shape index (κ1) is 86.7. The molecule has 0 atom stereocenters. The van der Waals surface area contributed by atoms with E-state index in [1.165, 1.54) is 46.3 Å². The van der Waals surface area contributed by atoms with Crippen molar-refractivity contribution in [2.24, 2.45) is 0 Å². The van der Waals surface area contributed by atoms with Crippen LogP contribution in [0.3, 0.4) is 0 Å². The predicted molar refractivity (Wildman–Crippen MR) is 402 cm³/mol. The van der Waals surface area contributed by atoms with Gasteiger partial charge in [0.25, 0.3) is 11.4 Å². The zero-order chi connectivity index (χ0) is 78.8. The number of carbonyl (C=O) groups excluding carboxylic acids is 6. The van der Waals surface area contributed by atoms with Gasteiger partial charge in [0, 0.05) is 58.1 Å². The van der Waals surface area contributed by atoms with Crippen LogP contribution in [-0.4, -0.2) is 169 Å². The number of ether oxygens (including phenoxy) is 9. The summed E-state index contributed by atoms with van der Waals surface area (Å²) in [5.41, 5.74) is 10.6. The van der Waals surface area contributed by atoms with E-state index in [4.69, 9.17) is 48.6 Å². The molecule has 3 saturated carbocycles. The highest BCUT2D eigenvalue weighted by molar-refractivity contribution is 9.10. The number of rotatable bonds is 11. The number of piperidine rings is 1. The smallest absolute Gasteiger partial charge is 0.444 e. The lowest BCUT2D eigenvalue weighted by Gasteiger charge is -2.34. The Morgan fingerprint density at radius 1 is 0.509 bits per heavy atom. The number of amides is 3. The zero-order valence-corrected chi connectivity index (χ0v) is 66.4. The summed E-state index contributed by atoms with van der Waals surface area (Å²) < 4.78 is 58.3. The minimum absolute atomic E-state index is 0.134. The molecular formula is C76H110BBrN6O22. The monoisotopic (exact) mass is 1550 g/mol. The molecule has 7 aliphatic rings. The van der Waals surface area contributed by atoms with E-state index in [-0.39, 0.29) is 71.1 Å². The highest BCUT2D eigenvalue weighted by atomic mass is 79.9. The summed E-state index contributed by atoms with van der Waals surface area (Å²) >= 11 is 3.20. The Labute approximate surface area is 631 Å². The SMILES string of the molecule is CC(C)(C)OC(=O)N1CC=C(B2OC(C)(C)C(C)(C)O2)CC1.CO.COC(=O)Oc1cc(N)c(C2CCN(C(=O)OC(C)(C)C)CC2)cc1C1CCCC1.COC(=O)Oc1cc([N+](=O)[O-])c(Br)cc1C1CCCC1.COC(=O)Oc1cc([N+](=O)[O-])c(C2=CCN(C(=O)OC(C)(C)C)CC2)cc1C1CCCC1. The largest absolute Gasteiger partial charge is 0.513 e. The molecule has 10 rings (SSSR count). The number of hydrogen-bond acceptors (Lipinski definition) is 23. The average molecular weight is 1550 g/mol. The van der Waals surface area contributed by atoms with Crippen LogP contribution in [0.1, 0.15) is 244 Å². The molecule has 586 valence electrons. The number of aliphatic hydroxyl groups excluding tert-OH is 1. The Morgan fingerprint density at radius 3 is 1.24 bits per heavy atom. The van der Waals surface area contributed by atoms with E-state index < -0.39 is 51.2 Å². The van der Waals surface area contributed by atoms with Crippen LogP contribution in [0.25, 0.3) is 5.57 Å². The van der Waals surface area contributed by atoms with Crippen LogP contribution in [0.4, 0.5) is 45.8 Å². The van der Waals surface area contributed by atoms with Gasteiger partial charge in [-0.25, -0.2) is 28.8 Å². The molecule has 3 N–H and O–H groups in total. The van der Waals surface area contributed by atoms with E-state index in [1.54, 1.807) is 32.9 Å². The summed E-state index contributed by atoms with van der Waals surface area (Å²) in [5.74, 6) is 1.93. The minimum Gasteiger partial charge on any atom is -0.444 e. The number of methoxy groups -OCH3 is 3. The lowest BCUT2D eigenvalue weighted by atomic mass is 9.75. The summed E-state index contributed by atoms with van der Waals surface area (Å²) in [7, 11) is 4.38. The predicted octanol–water partition coefficient (Wildman–Crippen LogP) is 17.6. The molecule has 3 aromatic carbocycles. The molecule has 4 heterocycles. The van der Waals surface area contributed by atoms with Gasteiger partial charge in [-0.3, -0.25) is 20.2 Å². The quantitative estimate of drug-likeness (QED) is 0.0342. The highest BCUT2D eigenvalue weighted by Gasteiger charge is 2.52.